The number of hydrogen-bond acceptors (Lipinski definition) is 6. The number of fused-ring (bicyclic) bond motifs is 1. The fourth-order valence-electron chi connectivity index (χ4n) is 5.00. The van der Waals surface area contributed by atoms with E-state index < -0.39 is 0 Å². The summed E-state index contributed by atoms with van der Waals surface area (Å²) < 4.78 is 7.99. The van der Waals surface area contributed by atoms with Crippen LogP contribution in [-0.2, 0) is 11.3 Å². The van der Waals surface area contributed by atoms with E-state index in [1.165, 1.54) is 6.33 Å². The van der Waals surface area contributed by atoms with Gasteiger partial charge in [-0.3, -0.25) is 4.79 Å². The molecule has 8 heteroatoms. The van der Waals surface area contributed by atoms with Gasteiger partial charge in [0.05, 0.1) is 11.4 Å². The smallest absolute Gasteiger partial charge is 0.264 e. The SMILES string of the molecule is CC(C)/C=C(\C#N)C(=O)N1CCC[C@@H]1Cn1cc(-c2ccc(Oc3ccccc3)cc2)c2c(N)ncnc21. The Balaban J connectivity index is 1.44. The molecule has 1 atom stereocenters. The molecule has 0 unspecified atom stereocenters. The van der Waals surface area contributed by atoms with Gasteiger partial charge in [0, 0.05) is 24.8 Å². The summed E-state index contributed by atoms with van der Waals surface area (Å²) in [6, 6.07) is 19.5. The van der Waals surface area contributed by atoms with E-state index in [1.807, 2.05) is 84.1 Å². The zero-order valence-corrected chi connectivity index (χ0v) is 21.5. The number of nitriles is 1. The summed E-state index contributed by atoms with van der Waals surface area (Å²) in [5.74, 6) is 1.82. The number of benzene rings is 2. The lowest BCUT2D eigenvalue weighted by Gasteiger charge is -2.25. The average Bonchev–Trinajstić information content (AvgIpc) is 3.54. The maximum absolute atomic E-state index is 13.2. The van der Waals surface area contributed by atoms with Gasteiger partial charge in [-0.2, -0.15) is 5.26 Å². The van der Waals surface area contributed by atoms with E-state index in [9.17, 15) is 10.1 Å². The van der Waals surface area contributed by atoms with Gasteiger partial charge in [-0.25, -0.2) is 9.97 Å². The van der Waals surface area contributed by atoms with E-state index >= 15 is 0 Å². The Bertz CT molecular complexity index is 1520. The van der Waals surface area contributed by atoms with Crippen LogP contribution >= 0.6 is 0 Å². The number of nitrogens with two attached hydrogens (primary N) is 1. The monoisotopic (exact) mass is 506 g/mol. The van der Waals surface area contributed by atoms with Crippen molar-refractivity contribution >= 4 is 22.8 Å². The van der Waals surface area contributed by atoms with Gasteiger partial charge in [0.2, 0.25) is 0 Å². The molecule has 0 spiro atoms. The number of amides is 1. The van der Waals surface area contributed by atoms with E-state index in [-0.39, 0.29) is 23.4 Å². The van der Waals surface area contributed by atoms with Crippen molar-refractivity contribution in [1.82, 2.24) is 19.4 Å². The van der Waals surface area contributed by atoms with Crippen molar-refractivity contribution in [2.75, 3.05) is 12.3 Å². The number of anilines is 1. The third-order valence-corrected chi connectivity index (χ3v) is 6.72. The summed E-state index contributed by atoms with van der Waals surface area (Å²) in [5.41, 5.74) is 9.13. The van der Waals surface area contributed by atoms with E-state index in [2.05, 4.69) is 16.0 Å². The topological polar surface area (TPSA) is 110 Å². The molecule has 3 heterocycles. The van der Waals surface area contributed by atoms with Gasteiger partial charge in [0.25, 0.3) is 5.91 Å². The van der Waals surface area contributed by atoms with Crippen molar-refractivity contribution in [3.63, 3.8) is 0 Å². The van der Waals surface area contributed by atoms with Crippen molar-refractivity contribution < 1.29 is 9.53 Å². The van der Waals surface area contributed by atoms with E-state index in [0.717, 1.165) is 46.5 Å². The summed E-state index contributed by atoms with van der Waals surface area (Å²) in [7, 11) is 0. The number of ether oxygens (including phenoxy) is 1. The molecule has 5 rings (SSSR count). The van der Waals surface area contributed by atoms with Gasteiger partial charge in [-0.05, 0) is 48.6 Å². The van der Waals surface area contributed by atoms with E-state index in [0.29, 0.717) is 18.9 Å². The van der Waals surface area contributed by atoms with Crippen molar-refractivity contribution in [2.45, 2.75) is 39.3 Å². The molecule has 2 N–H and O–H groups in total. The number of likely N-dealkylation sites (tertiary alicyclic amines) is 1. The van der Waals surface area contributed by atoms with Crippen molar-refractivity contribution in [2.24, 2.45) is 5.92 Å². The molecule has 1 aliphatic heterocycles. The first-order valence-electron chi connectivity index (χ1n) is 12.8. The molecule has 1 saturated heterocycles. The minimum Gasteiger partial charge on any atom is -0.457 e. The second-order valence-electron chi connectivity index (χ2n) is 9.82. The van der Waals surface area contributed by atoms with E-state index in [1.54, 1.807) is 6.08 Å². The molecule has 8 nitrogen and oxygen atoms in total. The highest BCUT2D eigenvalue weighted by atomic mass is 16.5. The third kappa shape index (κ3) is 5.09. The predicted molar refractivity (Wildman–Crippen MR) is 147 cm³/mol. The van der Waals surface area contributed by atoms with Gasteiger partial charge >= 0.3 is 0 Å². The van der Waals surface area contributed by atoms with Crippen LogP contribution in [0.25, 0.3) is 22.2 Å². The normalized spacial score (nSPS) is 15.7. The Morgan fingerprint density at radius 1 is 1.16 bits per heavy atom. The van der Waals surface area contributed by atoms with Crippen LogP contribution in [0.3, 0.4) is 0 Å². The third-order valence-electron chi connectivity index (χ3n) is 6.72. The van der Waals surface area contributed by atoms with Crippen molar-refractivity contribution in [3.8, 4) is 28.7 Å². The lowest BCUT2D eigenvalue weighted by molar-refractivity contribution is -0.127. The molecule has 1 aliphatic rings. The minimum absolute atomic E-state index is 0.0484. The zero-order valence-electron chi connectivity index (χ0n) is 21.5. The molecule has 4 aromatic rings. The molecule has 2 aromatic heterocycles. The van der Waals surface area contributed by atoms with Gasteiger partial charge in [-0.1, -0.05) is 50.3 Å². The van der Waals surface area contributed by atoms with Gasteiger partial charge < -0.3 is 19.9 Å². The molecule has 0 aliphatic carbocycles. The molecule has 0 saturated carbocycles. The highest BCUT2D eigenvalue weighted by Crippen LogP contribution is 2.35. The summed E-state index contributed by atoms with van der Waals surface area (Å²) in [6.07, 6.45) is 6.97. The number of carbonyl (C=O) groups is 1. The summed E-state index contributed by atoms with van der Waals surface area (Å²) in [4.78, 5) is 23.8. The molecular formula is C30H30N6O2. The number of allylic oxidation sites excluding steroid dienone is 1. The molecule has 192 valence electrons. The largest absolute Gasteiger partial charge is 0.457 e. The Morgan fingerprint density at radius 2 is 1.89 bits per heavy atom. The first-order chi connectivity index (χ1) is 18.4. The number of para-hydroxylation sites is 1. The maximum atomic E-state index is 13.2. The first-order valence-corrected chi connectivity index (χ1v) is 12.8. The van der Waals surface area contributed by atoms with Gasteiger partial charge in [0.1, 0.15) is 40.9 Å². The number of carbonyl (C=O) groups excluding carboxylic acids is 1. The highest BCUT2D eigenvalue weighted by molar-refractivity contribution is 6.01. The molecule has 1 fully saturated rings. The Morgan fingerprint density at radius 3 is 2.61 bits per heavy atom. The van der Waals surface area contributed by atoms with Crippen molar-refractivity contribution in [3.05, 3.63) is 78.8 Å². The summed E-state index contributed by atoms with van der Waals surface area (Å²) in [6.45, 7) is 5.11. The quantitative estimate of drug-likeness (QED) is 0.259. The van der Waals surface area contributed by atoms with Gasteiger partial charge in [-0.15, -0.1) is 0 Å². The van der Waals surface area contributed by atoms with Crippen LogP contribution < -0.4 is 10.5 Å². The Hall–Kier alpha value is -4.64. The second-order valence-corrected chi connectivity index (χ2v) is 9.82. The van der Waals surface area contributed by atoms with Crippen LogP contribution in [0.1, 0.15) is 26.7 Å². The lowest BCUT2D eigenvalue weighted by atomic mass is 10.1. The number of aromatic nitrogens is 3. The average molecular weight is 507 g/mol. The molecule has 2 aromatic carbocycles. The molecular weight excluding hydrogens is 476 g/mol. The lowest BCUT2D eigenvalue weighted by Crippen LogP contribution is -2.38. The van der Waals surface area contributed by atoms with Crippen LogP contribution in [-0.4, -0.2) is 37.9 Å². The van der Waals surface area contributed by atoms with Crippen LogP contribution in [0.2, 0.25) is 0 Å². The molecule has 1 amide bonds. The van der Waals surface area contributed by atoms with Gasteiger partial charge in [0.15, 0.2) is 0 Å². The minimum atomic E-state index is -0.205. The van der Waals surface area contributed by atoms with Crippen LogP contribution in [0.15, 0.2) is 78.8 Å². The summed E-state index contributed by atoms with van der Waals surface area (Å²) in [5, 5.41) is 10.3. The number of nitrogen functional groups attached to an aromatic ring is 1. The van der Waals surface area contributed by atoms with E-state index in [4.69, 9.17) is 10.5 Å². The van der Waals surface area contributed by atoms with Crippen LogP contribution in [0.5, 0.6) is 11.5 Å². The predicted octanol–water partition coefficient (Wildman–Crippen LogP) is 5.57. The highest BCUT2D eigenvalue weighted by Gasteiger charge is 2.31. The standard InChI is InChI=1S/C30H30N6O2/c1-20(2)15-22(16-31)30(37)36-14-6-7-23(36)17-35-18-26(27-28(32)33-19-34-29(27)35)21-10-12-25(13-11-21)38-24-8-4-3-5-9-24/h3-5,8-13,15,18-20,23H,6-7,14,17H2,1-2H3,(H2,32,33,34)/b22-15+/t23-/m1/s1. The zero-order chi connectivity index (χ0) is 26.6. The first kappa shape index (κ1) is 25.0. The maximum Gasteiger partial charge on any atom is 0.264 e. The number of rotatable bonds is 7. The van der Waals surface area contributed by atoms with Crippen molar-refractivity contribution in [1.29, 1.82) is 5.26 Å². The molecule has 0 bridgehead atoms. The number of hydrogen-bond donors (Lipinski definition) is 1. The van der Waals surface area contributed by atoms with Crippen LogP contribution in [0.4, 0.5) is 5.82 Å². The second kappa shape index (κ2) is 10.8. The Kier molecular flexibility index (Phi) is 7.09. The fraction of sp³-hybridized carbons (Fsp3) is 0.267. The summed E-state index contributed by atoms with van der Waals surface area (Å²) >= 11 is 0. The fourth-order valence-corrected chi connectivity index (χ4v) is 5.00. The molecule has 0 radical (unpaired) electrons. The van der Waals surface area contributed by atoms with Crippen LogP contribution in [0, 0.1) is 17.2 Å². The molecule has 38 heavy (non-hydrogen) atoms. The Labute approximate surface area is 222 Å². The number of nitrogens with zero attached hydrogens (tertiary/aromatic N) is 5.